The minimum Gasteiger partial charge on any atom is -0.358 e. The monoisotopic (exact) mass is 306 g/mol. The maximum atomic E-state index is 11.2. The zero-order valence-electron chi connectivity index (χ0n) is 9.29. The van der Waals surface area contributed by atoms with E-state index in [4.69, 9.17) is 0 Å². The third-order valence-electron chi connectivity index (χ3n) is 2.17. The van der Waals surface area contributed by atoms with Gasteiger partial charge in [-0.05, 0) is 24.6 Å². The molecule has 2 N–H and O–H groups in total. The summed E-state index contributed by atoms with van der Waals surface area (Å²) >= 11 is 3.38. The summed E-state index contributed by atoms with van der Waals surface area (Å²) in [5.74, 6) is 0.00658. The molecule has 0 aliphatic heterocycles. The minimum absolute atomic E-state index is 0. The van der Waals surface area contributed by atoms with E-state index in [1.54, 1.807) is 7.05 Å². The standard InChI is InChI=1S/C11H15BrN2O.ClH/c1-8(11(15)13-2)14-7-9-3-5-10(12)6-4-9;/h3-6,8,14H,7H2,1-2H3,(H,13,15);1H/t8-;/m1./s1. The Morgan fingerprint density at radius 2 is 1.94 bits per heavy atom. The number of benzene rings is 1. The van der Waals surface area contributed by atoms with Gasteiger partial charge in [-0.15, -0.1) is 12.4 Å². The van der Waals surface area contributed by atoms with E-state index in [2.05, 4.69) is 26.6 Å². The van der Waals surface area contributed by atoms with Crippen molar-refractivity contribution in [3.8, 4) is 0 Å². The van der Waals surface area contributed by atoms with Crippen molar-refractivity contribution in [1.82, 2.24) is 10.6 Å². The number of carbonyl (C=O) groups is 1. The number of hydrogen-bond donors (Lipinski definition) is 2. The minimum atomic E-state index is -0.168. The highest BCUT2D eigenvalue weighted by Crippen LogP contribution is 2.10. The molecule has 0 spiro atoms. The fourth-order valence-electron chi connectivity index (χ4n) is 1.18. The zero-order chi connectivity index (χ0) is 11.3. The molecule has 0 unspecified atom stereocenters. The number of carbonyl (C=O) groups excluding carboxylic acids is 1. The Hall–Kier alpha value is -0.580. The predicted molar refractivity (Wildman–Crippen MR) is 71.8 cm³/mol. The van der Waals surface area contributed by atoms with Crippen LogP contribution in [0.4, 0.5) is 0 Å². The molecule has 5 heteroatoms. The largest absolute Gasteiger partial charge is 0.358 e. The first-order chi connectivity index (χ1) is 7.13. The molecule has 0 saturated heterocycles. The number of hydrogen-bond acceptors (Lipinski definition) is 2. The van der Waals surface area contributed by atoms with Crippen LogP contribution < -0.4 is 10.6 Å². The van der Waals surface area contributed by atoms with Gasteiger partial charge in [-0.25, -0.2) is 0 Å². The van der Waals surface area contributed by atoms with Crippen LogP contribution in [0.2, 0.25) is 0 Å². The van der Waals surface area contributed by atoms with Crippen molar-refractivity contribution >= 4 is 34.2 Å². The number of halogens is 2. The van der Waals surface area contributed by atoms with E-state index in [1.165, 1.54) is 0 Å². The Morgan fingerprint density at radius 1 is 1.38 bits per heavy atom. The molecule has 0 aliphatic carbocycles. The van der Waals surface area contributed by atoms with Crippen LogP contribution >= 0.6 is 28.3 Å². The van der Waals surface area contributed by atoms with E-state index < -0.39 is 0 Å². The maximum absolute atomic E-state index is 11.2. The molecule has 1 amide bonds. The van der Waals surface area contributed by atoms with Crippen LogP contribution in [0.15, 0.2) is 28.7 Å². The molecule has 0 radical (unpaired) electrons. The number of amides is 1. The normalized spacial score (nSPS) is 11.4. The van der Waals surface area contributed by atoms with Crippen molar-refractivity contribution in [2.24, 2.45) is 0 Å². The van der Waals surface area contributed by atoms with E-state index in [-0.39, 0.29) is 24.4 Å². The molecule has 0 aliphatic rings. The van der Waals surface area contributed by atoms with Crippen LogP contribution in [0.25, 0.3) is 0 Å². The third-order valence-corrected chi connectivity index (χ3v) is 2.69. The van der Waals surface area contributed by atoms with Gasteiger partial charge < -0.3 is 10.6 Å². The summed E-state index contributed by atoms with van der Waals surface area (Å²) in [6.07, 6.45) is 0. The van der Waals surface area contributed by atoms with Gasteiger partial charge in [0.1, 0.15) is 0 Å². The lowest BCUT2D eigenvalue weighted by molar-refractivity contribution is -0.122. The summed E-state index contributed by atoms with van der Waals surface area (Å²) in [6.45, 7) is 2.54. The van der Waals surface area contributed by atoms with Crippen molar-refractivity contribution < 1.29 is 4.79 Å². The molecular weight excluding hydrogens is 291 g/mol. The second-order valence-electron chi connectivity index (χ2n) is 3.34. The van der Waals surface area contributed by atoms with Crippen molar-refractivity contribution in [1.29, 1.82) is 0 Å². The number of rotatable bonds is 4. The fraction of sp³-hybridized carbons (Fsp3) is 0.364. The van der Waals surface area contributed by atoms with Crippen LogP contribution in [-0.2, 0) is 11.3 Å². The van der Waals surface area contributed by atoms with E-state index >= 15 is 0 Å². The smallest absolute Gasteiger partial charge is 0.236 e. The second-order valence-corrected chi connectivity index (χ2v) is 4.26. The Bertz CT molecular complexity index is 329. The van der Waals surface area contributed by atoms with Crippen LogP contribution in [0.3, 0.4) is 0 Å². The molecule has 0 saturated carbocycles. The fourth-order valence-corrected chi connectivity index (χ4v) is 1.45. The van der Waals surface area contributed by atoms with Crippen LogP contribution in [0.5, 0.6) is 0 Å². The molecule has 16 heavy (non-hydrogen) atoms. The first-order valence-corrected chi connectivity index (χ1v) is 5.62. The highest BCUT2D eigenvalue weighted by atomic mass is 79.9. The lowest BCUT2D eigenvalue weighted by Gasteiger charge is -2.11. The lowest BCUT2D eigenvalue weighted by Crippen LogP contribution is -2.40. The van der Waals surface area contributed by atoms with Crippen molar-refractivity contribution in [3.63, 3.8) is 0 Å². The van der Waals surface area contributed by atoms with E-state index in [1.807, 2.05) is 31.2 Å². The number of nitrogens with one attached hydrogen (secondary N) is 2. The Balaban J connectivity index is 0.00000225. The molecule has 0 fully saturated rings. The maximum Gasteiger partial charge on any atom is 0.236 e. The topological polar surface area (TPSA) is 41.1 Å². The van der Waals surface area contributed by atoms with Gasteiger partial charge >= 0.3 is 0 Å². The van der Waals surface area contributed by atoms with Crippen LogP contribution in [-0.4, -0.2) is 19.0 Å². The Labute approximate surface area is 111 Å². The van der Waals surface area contributed by atoms with Gasteiger partial charge in [0, 0.05) is 18.1 Å². The number of likely N-dealkylation sites (N-methyl/N-ethyl adjacent to an activating group) is 1. The molecule has 90 valence electrons. The van der Waals surface area contributed by atoms with Gasteiger partial charge in [-0.2, -0.15) is 0 Å². The lowest BCUT2D eigenvalue weighted by atomic mass is 10.2. The summed E-state index contributed by atoms with van der Waals surface area (Å²) < 4.78 is 1.06. The molecule has 1 rings (SSSR count). The Kier molecular flexibility index (Phi) is 7.38. The molecule has 0 heterocycles. The average Bonchev–Trinajstić information content (AvgIpc) is 2.26. The van der Waals surface area contributed by atoms with Crippen molar-refractivity contribution in [2.45, 2.75) is 19.5 Å². The molecule has 3 nitrogen and oxygen atoms in total. The van der Waals surface area contributed by atoms with Crippen LogP contribution in [0, 0.1) is 0 Å². The first-order valence-electron chi connectivity index (χ1n) is 4.83. The average molecular weight is 308 g/mol. The van der Waals surface area contributed by atoms with Crippen molar-refractivity contribution in [2.75, 3.05) is 7.05 Å². The predicted octanol–water partition coefficient (Wildman–Crippen LogP) is 2.10. The van der Waals surface area contributed by atoms with Gasteiger partial charge in [0.15, 0.2) is 0 Å². The third kappa shape index (κ3) is 4.96. The highest BCUT2D eigenvalue weighted by molar-refractivity contribution is 9.10. The van der Waals surface area contributed by atoms with E-state index in [0.717, 1.165) is 10.0 Å². The Morgan fingerprint density at radius 3 is 2.44 bits per heavy atom. The SMILES string of the molecule is CNC(=O)[C@@H](C)NCc1ccc(Br)cc1.Cl. The van der Waals surface area contributed by atoms with Gasteiger partial charge in [-0.3, -0.25) is 4.79 Å². The molecule has 1 atom stereocenters. The molecule has 1 aromatic carbocycles. The summed E-state index contributed by atoms with van der Waals surface area (Å²) in [5.41, 5.74) is 1.16. The van der Waals surface area contributed by atoms with Crippen LogP contribution in [0.1, 0.15) is 12.5 Å². The zero-order valence-corrected chi connectivity index (χ0v) is 11.7. The van der Waals surface area contributed by atoms with Gasteiger partial charge in [0.25, 0.3) is 0 Å². The van der Waals surface area contributed by atoms with E-state index in [9.17, 15) is 4.79 Å². The quantitative estimate of drug-likeness (QED) is 0.894. The summed E-state index contributed by atoms with van der Waals surface area (Å²) in [4.78, 5) is 11.2. The van der Waals surface area contributed by atoms with E-state index in [0.29, 0.717) is 6.54 Å². The first kappa shape index (κ1) is 15.4. The molecule has 0 aromatic heterocycles. The second kappa shape index (κ2) is 7.65. The molecular formula is C11H16BrClN2O. The van der Waals surface area contributed by atoms with Gasteiger partial charge in [0.05, 0.1) is 6.04 Å². The highest BCUT2D eigenvalue weighted by Gasteiger charge is 2.08. The summed E-state index contributed by atoms with van der Waals surface area (Å²) in [5, 5.41) is 5.74. The molecule has 0 bridgehead atoms. The van der Waals surface area contributed by atoms with Gasteiger partial charge in [0.2, 0.25) is 5.91 Å². The summed E-state index contributed by atoms with van der Waals surface area (Å²) in [6, 6.07) is 7.85. The summed E-state index contributed by atoms with van der Waals surface area (Å²) in [7, 11) is 1.64. The molecule has 1 aromatic rings. The van der Waals surface area contributed by atoms with Crippen molar-refractivity contribution in [3.05, 3.63) is 34.3 Å². The van der Waals surface area contributed by atoms with Gasteiger partial charge in [-0.1, -0.05) is 28.1 Å².